The van der Waals surface area contributed by atoms with Gasteiger partial charge in [-0.3, -0.25) is 9.59 Å². The van der Waals surface area contributed by atoms with Gasteiger partial charge in [-0.15, -0.1) is 0 Å². The first kappa shape index (κ1) is 17.4. The van der Waals surface area contributed by atoms with E-state index >= 15 is 0 Å². The van der Waals surface area contributed by atoms with Crippen molar-refractivity contribution in [1.82, 2.24) is 19.8 Å². The number of hydrogen-bond donors (Lipinski definition) is 0. The quantitative estimate of drug-likeness (QED) is 0.773. The van der Waals surface area contributed by atoms with Gasteiger partial charge in [0, 0.05) is 49.6 Å². The molecule has 3 aliphatic rings. The molecule has 0 N–H and O–H groups in total. The maximum atomic E-state index is 12.7. The van der Waals surface area contributed by atoms with E-state index in [2.05, 4.69) is 25.8 Å². The van der Waals surface area contributed by atoms with Crippen LogP contribution in [0.1, 0.15) is 68.3 Å². The van der Waals surface area contributed by atoms with Crippen molar-refractivity contribution in [3.63, 3.8) is 0 Å². The van der Waals surface area contributed by atoms with Crippen molar-refractivity contribution in [2.24, 2.45) is 5.92 Å². The number of aromatic nitrogens is 2. The van der Waals surface area contributed by atoms with Crippen molar-refractivity contribution < 1.29 is 9.59 Å². The van der Waals surface area contributed by atoms with Gasteiger partial charge in [0.2, 0.25) is 5.91 Å². The highest BCUT2D eigenvalue weighted by molar-refractivity contribution is 5.96. The van der Waals surface area contributed by atoms with Crippen LogP contribution in [0.2, 0.25) is 0 Å². The highest BCUT2D eigenvalue weighted by Crippen LogP contribution is 2.42. The van der Waals surface area contributed by atoms with Crippen LogP contribution in [0.3, 0.4) is 0 Å². The van der Waals surface area contributed by atoms with E-state index in [4.69, 9.17) is 4.98 Å². The second-order valence-corrected chi connectivity index (χ2v) is 9.25. The number of nitrogens with zero attached hydrogens (tertiary/aromatic N) is 4. The van der Waals surface area contributed by atoms with Gasteiger partial charge in [-0.1, -0.05) is 20.8 Å². The fourth-order valence-electron chi connectivity index (χ4n) is 4.25. The largest absolute Gasteiger partial charge is 0.342 e. The molecule has 1 aromatic heterocycles. The minimum Gasteiger partial charge on any atom is -0.342 e. The second-order valence-electron chi connectivity index (χ2n) is 9.25. The van der Waals surface area contributed by atoms with E-state index < -0.39 is 0 Å². The van der Waals surface area contributed by atoms with Gasteiger partial charge in [0.05, 0.1) is 11.3 Å². The molecule has 3 heterocycles. The third kappa shape index (κ3) is 2.79. The highest BCUT2D eigenvalue weighted by Gasteiger charge is 2.47. The Balaban J connectivity index is 1.68. The van der Waals surface area contributed by atoms with Gasteiger partial charge >= 0.3 is 0 Å². The molecule has 1 spiro atoms. The molecule has 26 heavy (non-hydrogen) atoms. The van der Waals surface area contributed by atoms with Gasteiger partial charge < -0.3 is 9.80 Å². The van der Waals surface area contributed by atoms with Gasteiger partial charge in [-0.25, -0.2) is 9.97 Å². The molecule has 0 bridgehead atoms. The summed E-state index contributed by atoms with van der Waals surface area (Å²) in [7, 11) is 1.85. The van der Waals surface area contributed by atoms with Crippen molar-refractivity contribution in [3.05, 3.63) is 23.3 Å². The molecule has 4 rings (SSSR count). The summed E-state index contributed by atoms with van der Waals surface area (Å²) in [5.74, 6) is 1.37. The van der Waals surface area contributed by atoms with Crippen LogP contribution in [0.4, 0.5) is 0 Å². The molecule has 1 saturated carbocycles. The SMILES string of the molecule is CN1CC2(CCN(C(=O)C3CC3)CC2)c2nc(C(C)(C)C)ncc2C1=O. The minimum atomic E-state index is -0.165. The molecule has 0 radical (unpaired) electrons. The fourth-order valence-corrected chi connectivity index (χ4v) is 4.25. The molecule has 1 aromatic rings. The van der Waals surface area contributed by atoms with Crippen LogP contribution in [-0.4, -0.2) is 58.3 Å². The number of carbonyl (C=O) groups is 2. The predicted octanol–water partition coefficient (Wildman–Crippen LogP) is 2.13. The summed E-state index contributed by atoms with van der Waals surface area (Å²) in [6, 6.07) is 0. The van der Waals surface area contributed by atoms with Crippen molar-refractivity contribution in [1.29, 1.82) is 0 Å². The van der Waals surface area contributed by atoms with Crippen molar-refractivity contribution >= 4 is 11.8 Å². The molecular formula is C20H28N4O2. The molecule has 140 valence electrons. The molecule has 1 saturated heterocycles. The smallest absolute Gasteiger partial charge is 0.257 e. The summed E-state index contributed by atoms with van der Waals surface area (Å²) in [4.78, 5) is 38.3. The Hall–Kier alpha value is -1.98. The lowest BCUT2D eigenvalue weighted by Crippen LogP contribution is -2.55. The van der Waals surface area contributed by atoms with E-state index in [1.807, 2.05) is 11.9 Å². The molecule has 0 atom stereocenters. The zero-order valence-electron chi connectivity index (χ0n) is 16.2. The number of likely N-dealkylation sites (tertiary alicyclic amines) is 1. The van der Waals surface area contributed by atoms with Crippen molar-refractivity contribution in [2.45, 2.75) is 57.3 Å². The number of fused-ring (bicyclic) bond motifs is 2. The number of amides is 2. The molecule has 2 fully saturated rings. The van der Waals surface area contributed by atoms with E-state index in [0.717, 1.165) is 50.3 Å². The van der Waals surface area contributed by atoms with Gasteiger partial charge in [-0.05, 0) is 25.7 Å². The van der Waals surface area contributed by atoms with E-state index in [1.165, 1.54) is 0 Å². The Kier molecular flexibility index (Phi) is 3.86. The first-order valence-electron chi connectivity index (χ1n) is 9.63. The monoisotopic (exact) mass is 356 g/mol. The first-order chi connectivity index (χ1) is 12.2. The maximum Gasteiger partial charge on any atom is 0.257 e. The summed E-state index contributed by atoms with van der Waals surface area (Å²) < 4.78 is 0. The Morgan fingerprint density at radius 2 is 1.88 bits per heavy atom. The molecule has 0 unspecified atom stereocenters. The van der Waals surface area contributed by atoms with Crippen molar-refractivity contribution in [3.8, 4) is 0 Å². The molecule has 0 aromatic carbocycles. The Bertz CT molecular complexity index is 756. The Labute approximate surface area is 155 Å². The third-order valence-electron chi connectivity index (χ3n) is 6.04. The summed E-state index contributed by atoms with van der Waals surface area (Å²) in [5.41, 5.74) is 1.21. The standard InChI is InChI=1S/C20H28N4O2/c1-19(2,3)18-21-11-14-15(22-18)20(12-23(4)17(14)26)7-9-24(10-8-20)16(25)13-5-6-13/h11,13H,5-10,12H2,1-4H3. The average Bonchev–Trinajstić information content (AvgIpc) is 3.44. The maximum absolute atomic E-state index is 12.7. The second kappa shape index (κ2) is 5.76. The summed E-state index contributed by atoms with van der Waals surface area (Å²) in [6.07, 6.45) is 5.52. The number of rotatable bonds is 1. The lowest BCUT2D eigenvalue weighted by molar-refractivity contribution is -0.134. The molecule has 2 amide bonds. The number of piperidine rings is 1. The minimum absolute atomic E-state index is 0.00238. The van der Waals surface area contributed by atoms with Crippen LogP contribution >= 0.6 is 0 Å². The lowest BCUT2D eigenvalue weighted by Gasteiger charge is -2.46. The summed E-state index contributed by atoms with van der Waals surface area (Å²) in [6.45, 7) is 8.46. The van der Waals surface area contributed by atoms with Gasteiger partial charge in [0.25, 0.3) is 5.91 Å². The number of likely N-dealkylation sites (N-methyl/N-ethyl adjacent to an activating group) is 1. The van der Waals surface area contributed by atoms with Crippen LogP contribution in [-0.2, 0) is 15.6 Å². The average molecular weight is 356 g/mol. The first-order valence-corrected chi connectivity index (χ1v) is 9.63. The highest BCUT2D eigenvalue weighted by atomic mass is 16.2. The fraction of sp³-hybridized carbons (Fsp3) is 0.700. The topological polar surface area (TPSA) is 66.4 Å². The van der Waals surface area contributed by atoms with E-state index in [-0.39, 0.29) is 22.7 Å². The van der Waals surface area contributed by atoms with Crippen LogP contribution in [0.25, 0.3) is 0 Å². The van der Waals surface area contributed by atoms with Crippen LogP contribution in [0.15, 0.2) is 6.20 Å². The molecular weight excluding hydrogens is 328 g/mol. The van der Waals surface area contributed by atoms with Crippen LogP contribution < -0.4 is 0 Å². The number of carbonyl (C=O) groups excluding carboxylic acids is 2. The van der Waals surface area contributed by atoms with Crippen LogP contribution in [0.5, 0.6) is 0 Å². The Morgan fingerprint density at radius 1 is 1.23 bits per heavy atom. The molecule has 6 nitrogen and oxygen atoms in total. The Morgan fingerprint density at radius 3 is 2.46 bits per heavy atom. The van der Waals surface area contributed by atoms with Gasteiger partial charge in [0.1, 0.15) is 5.82 Å². The molecule has 2 aliphatic heterocycles. The molecule has 1 aliphatic carbocycles. The van der Waals surface area contributed by atoms with Gasteiger partial charge in [0.15, 0.2) is 0 Å². The molecule has 6 heteroatoms. The summed E-state index contributed by atoms with van der Waals surface area (Å²) in [5, 5.41) is 0. The van der Waals surface area contributed by atoms with Gasteiger partial charge in [-0.2, -0.15) is 0 Å². The lowest BCUT2D eigenvalue weighted by atomic mass is 9.71. The zero-order valence-corrected chi connectivity index (χ0v) is 16.2. The van der Waals surface area contributed by atoms with E-state index in [1.54, 1.807) is 11.1 Å². The number of hydrogen-bond acceptors (Lipinski definition) is 4. The van der Waals surface area contributed by atoms with E-state index in [9.17, 15) is 9.59 Å². The third-order valence-corrected chi connectivity index (χ3v) is 6.04. The zero-order chi connectivity index (χ0) is 18.7. The van der Waals surface area contributed by atoms with Crippen molar-refractivity contribution in [2.75, 3.05) is 26.7 Å². The summed E-state index contributed by atoms with van der Waals surface area (Å²) >= 11 is 0. The van der Waals surface area contributed by atoms with Crippen LogP contribution in [0, 0.1) is 5.92 Å². The normalized spacial score (nSPS) is 22.5. The predicted molar refractivity (Wildman–Crippen MR) is 97.9 cm³/mol. The van der Waals surface area contributed by atoms with E-state index in [0.29, 0.717) is 18.0 Å².